The van der Waals surface area contributed by atoms with Crippen molar-refractivity contribution in [3.63, 3.8) is 0 Å². The van der Waals surface area contributed by atoms with Gasteiger partial charge in [-0.05, 0) is 98.9 Å². The van der Waals surface area contributed by atoms with Crippen molar-refractivity contribution in [2.75, 3.05) is 36.9 Å². The fourth-order valence-electron chi connectivity index (χ4n) is 9.08. The molecule has 1 saturated carbocycles. The van der Waals surface area contributed by atoms with Crippen LogP contribution in [0.3, 0.4) is 0 Å². The van der Waals surface area contributed by atoms with Crippen LogP contribution in [0, 0.1) is 20.8 Å². The average Bonchev–Trinajstić information content (AvgIpc) is 3.51. The Balaban J connectivity index is 1.01. The van der Waals surface area contributed by atoms with Crippen LogP contribution in [0.5, 0.6) is 5.75 Å². The number of likely N-dealkylation sites (N-methyl/N-ethyl adjacent to an activating group) is 1. The number of hydrogen-bond acceptors (Lipinski definition) is 10. The number of aromatic hydroxyl groups is 1. The Labute approximate surface area is 373 Å². The molecule has 4 aromatic carbocycles. The molecule has 3 aliphatic rings. The van der Waals surface area contributed by atoms with Crippen LogP contribution >= 0.6 is 0 Å². The van der Waals surface area contributed by atoms with Gasteiger partial charge in [-0.25, -0.2) is 8.42 Å². The first-order chi connectivity index (χ1) is 30.5. The zero-order chi connectivity index (χ0) is 45.9. The van der Waals surface area contributed by atoms with Crippen molar-refractivity contribution in [2.45, 2.75) is 95.5 Å². The molecule has 0 radical (unpaired) electrons. The van der Waals surface area contributed by atoms with Crippen LogP contribution < -0.4 is 20.9 Å². The molecule has 16 heteroatoms. The number of nitrogens with one attached hydrogen (secondary N) is 3. The molecule has 2 heterocycles. The van der Waals surface area contributed by atoms with Crippen molar-refractivity contribution in [1.82, 2.24) is 19.8 Å². The molecule has 4 N–H and O–H groups in total. The Morgan fingerprint density at radius 1 is 0.859 bits per heavy atom. The first-order valence-electron chi connectivity index (χ1n) is 21.7. The van der Waals surface area contributed by atoms with Crippen LogP contribution in [0.1, 0.15) is 116 Å². The van der Waals surface area contributed by atoms with E-state index in [2.05, 4.69) is 28.1 Å². The van der Waals surface area contributed by atoms with Crippen molar-refractivity contribution in [3.05, 3.63) is 117 Å². The van der Waals surface area contributed by atoms with Crippen molar-refractivity contribution in [1.29, 1.82) is 0 Å². The van der Waals surface area contributed by atoms with E-state index >= 15 is 0 Å². The number of amides is 6. The summed E-state index contributed by atoms with van der Waals surface area (Å²) in [6.07, 6.45) is 6.34. The van der Waals surface area contributed by atoms with E-state index in [1.165, 1.54) is 55.0 Å². The van der Waals surface area contributed by atoms with Gasteiger partial charge in [0.1, 0.15) is 11.8 Å². The van der Waals surface area contributed by atoms with Crippen molar-refractivity contribution < 1.29 is 42.3 Å². The first kappa shape index (κ1) is 45.6. The first-order valence-corrected chi connectivity index (χ1v) is 23.1. The van der Waals surface area contributed by atoms with E-state index in [1.807, 2.05) is 19.1 Å². The summed E-state index contributed by atoms with van der Waals surface area (Å²) in [6.45, 7) is 5.40. The number of imide groups is 2. The third-order valence-electron chi connectivity index (χ3n) is 12.3. The largest absolute Gasteiger partial charge is 0.507 e. The van der Waals surface area contributed by atoms with E-state index in [-0.39, 0.29) is 65.5 Å². The molecule has 0 bridgehead atoms. The summed E-state index contributed by atoms with van der Waals surface area (Å²) >= 11 is 0. The number of phenols is 1. The predicted octanol–water partition coefficient (Wildman–Crippen LogP) is 5.85. The van der Waals surface area contributed by atoms with Crippen LogP contribution in [-0.2, 0) is 31.0 Å². The number of fused-ring (bicyclic) bond motifs is 1. The second-order valence-electron chi connectivity index (χ2n) is 17.0. The number of sulfonamides is 1. The van der Waals surface area contributed by atoms with Crippen LogP contribution in [0.2, 0.25) is 0 Å². The summed E-state index contributed by atoms with van der Waals surface area (Å²) in [5, 5.41) is 19.3. The zero-order valence-electron chi connectivity index (χ0n) is 36.5. The summed E-state index contributed by atoms with van der Waals surface area (Å²) in [5.74, 6) is -3.41. The van der Waals surface area contributed by atoms with Crippen LogP contribution in [0.25, 0.3) is 0 Å². The van der Waals surface area contributed by atoms with E-state index in [1.54, 1.807) is 44.2 Å². The van der Waals surface area contributed by atoms with Gasteiger partial charge in [0.15, 0.2) is 0 Å². The third-order valence-corrected chi connectivity index (χ3v) is 14.4. The Bertz CT molecular complexity index is 2600. The smallest absolute Gasteiger partial charge is 0.264 e. The summed E-state index contributed by atoms with van der Waals surface area (Å²) in [7, 11) is -2.70. The lowest BCUT2D eigenvalue weighted by atomic mass is 9.84. The number of carbonyl (C=O) groups excluding carboxylic acids is 6. The van der Waals surface area contributed by atoms with Gasteiger partial charge < -0.3 is 20.6 Å². The van der Waals surface area contributed by atoms with Crippen LogP contribution in [0.15, 0.2) is 77.7 Å². The predicted molar refractivity (Wildman–Crippen MR) is 241 cm³/mol. The summed E-state index contributed by atoms with van der Waals surface area (Å²) in [4.78, 5) is 80.7. The highest BCUT2D eigenvalue weighted by Crippen LogP contribution is 2.35. The van der Waals surface area contributed by atoms with Gasteiger partial charge in [-0.15, -0.1) is 0 Å². The molecule has 6 amide bonds. The average molecular weight is 891 g/mol. The van der Waals surface area contributed by atoms with E-state index < -0.39 is 58.1 Å². The van der Waals surface area contributed by atoms with Gasteiger partial charge >= 0.3 is 0 Å². The fraction of sp³-hybridized carbons (Fsp3) is 0.375. The van der Waals surface area contributed by atoms with Crippen molar-refractivity contribution in [3.8, 4) is 5.75 Å². The molecular weight excluding hydrogens is 837 g/mol. The van der Waals surface area contributed by atoms with E-state index in [9.17, 15) is 42.3 Å². The second kappa shape index (κ2) is 19.2. The molecule has 1 unspecified atom stereocenters. The van der Waals surface area contributed by atoms with Gasteiger partial charge in [-0.3, -0.25) is 39.0 Å². The molecule has 2 fully saturated rings. The molecule has 0 spiro atoms. The normalized spacial score (nSPS) is 16.8. The van der Waals surface area contributed by atoms with Gasteiger partial charge in [0, 0.05) is 44.0 Å². The lowest BCUT2D eigenvalue weighted by Gasteiger charge is -2.27. The Morgan fingerprint density at radius 3 is 2.23 bits per heavy atom. The van der Waals surface area contributed by atoms with Crippen LogP contribution in [-0.4, -0.2) is 90.9 Å². The Morgan fingerprint density at radius 2 is 1.56 bits per heavy atom. The maximum Gasteiger partial charge on any atom is 0.264 e. The van der Waals surface area contributed by atoms with E-state index in [4.69, 9.17) is 0 Å². The molecule has 15 nitrogen and oxygen atoms in total. The highest BCUT2D eigenvalue weighted by Gasteiger charge is 2.45. The second-order valence-corrected chi connectivity index (χ2v) is 18.9. The lowest BCUT2D eigenvalue weighted by Crippen LogP contribution is -2.54. The van der Waals surface area contributed by atoms with Crippen LogP contribution in [0.4, 0.5) is 11.4 Å². The van der Waals surface area contributed by atoms with Gasteiger partial charge in [0.05, 0.1) is 34.7 Å². The highest BCUT2D eigenvalue weighted by molar-refractivity contribution is 7.89. The quantitative estimate of drug-likeness (QED) is 0.0829. The number of benzene rings is 4. The van der Waals surface area contributed by atoms with Crippen molar-refractivity contribution in [2.24, 2.45) is 0 Å². The summed E-state index contributed by atoms with van der Waals surface area (Å²) in [5.41, 5.74) is 5.02. The molecule has 64 heavy (non-hydrogen) atoms. The molecule has 1 aliphatic carbocycles. The number of aryl methyl sites for hydroxylation is 3. The summed E-state index contributed by atoms with van der Waals surface area (Å²) in [6, 6.07) is 19.6. The third kappa shape index (κ3) is 9.57. The maximum atomic E-state index is 14.2. The topological polar surface area (TPSA) is 203 Å². The van der Waals surface area contributed by atoms with Gasteiger partial charge in [0.2, 0.25) is 27.7 Å². The Hall–Kier alpha value is -6.39. The lowest BCUT2D eigenvalue weighted by molar-refractivity contribution is -0.136. The molecule has 336 valence electrons. The molecular formula is C48H54N6O9S. The maximum absolute atomic E-state index is 14.2. The number of piperidine rings is 1. The fourth-order valence-corrected chi connectivity index (χ4v) is 10.6. The standard InChI is InChI=1S/C48H54N6O9S/c1-29-24-30(2)44(31(3)25-29)64(62,63)52(4)28-42(57)53(27-32-14-16-34(17-15-32)33-10-6-5-7-11-33)35-18-19-36(40(55)26-35)45(58)50-23-9-22-49-38-13-8-12-37-43(38)48(61)54(47(37)60)39-20-21-41(56)51-46(39)59/h8,12-19,24-26,33,39,49,55H,5-7,9-11,20-23,27-28H2,1-4H3,(H,50,58)(H,51,56,59). The highest BCUT2D eigenvalue weighted by atomic mass is 32.2. The number of rotatable bonds is 15. The van der Waals surface area contributed by atoms with Gasteiger partial charge in [-0.2, -0.15) is 4.31 Å². The number of nitrogens with zero attached hydrogens (tertiary/aromatic N) is 3. The molecule has 4 aromatic rings. The van der Waals surface area contributed by atoms with Gasteiger partial charge in [0.25, 0.3) is 17.7 Å². The minimum atomic E-state index is -4.07. The zero-order valence-corrected chi connectivity index (χ0v) is 37.3. The number of anilines is 2. The molecule has 1 saturated heterocycles. The molecule has 1 atom stereocenters. The molecule has 0 aromatic heterocycles. The number of phenolic OH excluding ortho intramolecular Hbond substituents is 1. The monoisotopic (exact) mass is 890 g/mol. The number of hydrogen-bond donors (Lipinski definition) is 4. The van der Waals surface area contributed by atoms with E-state index in [0.29, 0.717) is 29.2 Å². The van der Waals surface area contributed by atoms with E-state index in [0.717, 1.165) is 33.2 Å². The number of carbonyl (C=O) groups is 6. The Kier molecular flexibility index (Phi) is 13.7. The molecule has 2 aliphatic heterocycles. The minimum Gasteiger partial charge on any atom is -0.507 e. The SMILES string of the molecule is Cc1cc(C)c(S(=O)(=O)N(C)CC(=O)N(Cc2ccc(C3CCCCC3)cc2)c2ccc(C(=O)NCCCNc3cccc4c3C(=O)N(C3CCC(=O)NC3=O)C4=O)c(O)c2)c(C)c1. The van der Waals surface area contributed by atoms with Gasteiger partial charge in [-0.1, -0.05) is 67.3 Å². The molecule has 7 rings (SSSR count). The minimum absolute atomic E-state index is 0.0108. The summed E-state index contributed by atoms with van der Waals surface area (Å²) < 4.78 is 28.8. The van der Waals surface area contributed by atoms with Crippen molar-refractivity contribution >= 4 is 56.8 Å².